The highest BCUT2D eigenvalue weighted by atomic mass is 35.5. The molecule has 2 rings (SSSR count). The summed E-state index contributed by atoms with van der Waals surface area (Å²) in [6.07, 6.45) is 0. The molecule has 0 amide bonds. The van der Waals surface area contributed by atoms with Gasteiger partial charge < -0.3 is 4.74 Å². The number of ketones is 1. The Morgan fingerprint density at radius 3 is 2.52 bits per heavy atom. The number of anilines is 1. The summed E-state index contributed by atoms with van der Waals surface area (Å²) in [5.74, 6) is -1.12. The number of benzene rings is 2. The number of halogens is 3. The molecule has 8 heteroatoms. The van der Waals surface area contributed by atoms with Gasteiger partial charge >= 0.3 is 5.97 Å². The minimum Gasteiger partial charge on any atom is -0.461 e. The number of nitrogens with zero attached hydrogens (tertiary/aromatic N) is 1. The zero-order valence-electron chi connectivity index (χ0n) is 13.1. The second-order valence-electron chi connectivity index (χ2n) is 4.73. The van der Waals surface area contributed by atoms with Gasteiger partial charge in [-0.15, -0.1) is 0 Å². The van der Waals surface area contributed by atoms with Crippen LogP contribution in [0.15, 0.2) is 47.6 Å². The van der Waals surface area contributed by atoms with E-state index >= 15 is 0 Å². The van der Waals surface area contributed by atoms with E-state index < -0.39 is 11.1 Å². The second-order valence-corrected chi connectivity index (χ2v) is 5.94. The summed E-state index contributed by atoms with van der Waals surface area (Å²) in [6, 6.07) is 11.2. The van der Waals surface area contributed by atoms with Crippen LogP contribution in [0.5, 0.6) is 0 Å². The van der Waals surface area contributed by atoms with Crippen LogP contribution in [0.3, 0.4) is 0 Å². The Morgan fingerprint density at radius 1 is 1.12 bits per heavy atom. The molecule has 0 spiro atoms. The van der Waals surface area contributed by atoms with Crippen molar-refractivity contribution >= 4 is 57.4 Å². The molecule has 0 fully saturated rings. The van der Waals surface area contributed by atoms with Crippen molar-refractivity contribution in [1.82, 2.24) is 0 Å². The van der Waals surface area contributed by atoms with Crippen molar-refractivity contribution in [3.05, 3.63) is 63.6 Å². The van der Waals surface area contributed by atoms with Gasteiger partial charge in [0.1, 0.15) is 0 Å². The fourth-order valence-electron chi connectivity index (χ4n) is 1.94. The Labute approximate surface area is 159 Å². The number of rotatable bonds is 6. The van der Waals surface area contributed by atoms with E-state index in [1.165, 1.54) is 6.07 Å². The summed E-state index contributed by atoms with van der Waals surface area (Å²) in [6.45, 7) is 1.82. The highest BCUT2D eigenvalue weighted by Crippen LogP contribution is 2.26. The average Bonchev–Trinajstić information content (AvgIpc) is 2.60. The van der Waals surface area contributed by atoms with E-state index in [1.54, 1.807) is 43.3 Å². The van der Waals surface area contributed by atoms with Crippen molar-refractivity contribution in [1.29, 1.82) is 0 Å². The fraction of sp³-hybridized carbons (Fsp3) is 0.118. The molecule has 2 aromatic rings. The highest BCUT2D eigenvalue weighted by molar-refractivity contribution is 6.82. The minimum atomic E-state index is -0.774. The van der Waals surface area contributed by atoms with E-state index in [-0.39, 0.29) is 18.0 Å². The summed E-state index contributed by atoms with van der Waals surface area (Å²) < 4.78 is 4.73. The lowest BCUT2D eigenvalue weighted by molar-refractivity contribution is -0.134. The van der Waals surface area contributed by atoms with Gasteiger partial charge in [-0.3, -0.25) is 10.2 Å². The molecule has 0 saturated heterocycles. The number of esters is 1. The van der Waals surface area contributed by atoms with E-state index in [2.05, 4.69) is 10.5 Å². The molecular weight excluding hydrogens is 387 g/mol. The van der Waals surface area contributed by atoms with Gasteiger partial charge in [-0.1, -0.05) is 46.9 Å². The Morgan fingerprint density at radius 2 is 1.84 bits per heavy atom. The van der Waals surface area contributed by atoms with Gasteiger partial charge in [-0.2, -0.15) is 5.10 Å². The summed E-state index contributed by atoms with van der Waals surface area (Å²) in [7, 11) is 0. The van der Waals surface area contributed by atoms with Crippen molar-refractivity contribution in [2.24, 2.45) is 5.10 Å². The van der Waals surface area contributed by atoms with Crippen LogP contribution >= 0.6 is 34.8 Å². The zero-order valence-corrected chi connectivity index (χ0v) is 15.3. The zero-order chi connectivity index (χ0) is 18.4. The van der Waals surface area contributed by atoms with Crippen LogP contribution in [0.4, 0.5) is 5.69 Å². The number of hydrogen-bond donors (Lipinski definition) is 1. The van der Waals surface area contributed by atoms with Crippen molar-refractivity contribution < 1.29 is 14.3 Å². The number of hydrogen-bond acceptors (Lipinski definition) is 5. The maximum absolute atomic E-state index is 12.8. The summed E-state index contributed by atoms with van der Waals surface area (Å²) in [5.41, 5.74) is 3.45. The first-order chi connectivity index (χ1) is 11.9. The molecule has 25 heavy (non-hydrogen) atoms. The fourth-order valence-corrected chi connectivity index (χ4v) is 2.43. The molecule has 0 radical (unpaired) electrons. The molecule has 1 N–H and O–H groups in total. The highest BCUT2D eigenvalue weighted by Gasteiger charge is 2.17. The van der Waals surface area contributed by atoms with Gasteiger partial charge in [0.2, 0.25) is 5.17 Å². The van der Waals surface area contributed by atoms with Crippen LogP contribution in [-0.4, -0.2) is 23.5 Å². The molecule has 0 aliphatic carbocycles. The molecule has 0 unspecified atom stereocenters. The number of carbonyl (C=O) groups excluding carboxylic acids is 2. The van der Waals surface area contributed by atoms with E-state index in [0.29, 0.717) is 21.3 Å². The van der Waals surface area contributed by atoms with Gasteiger partial charge in [0, 0.05) is 16.1 Å². The Balaban J connectivity index is 2.35. The first kappa shape index (κ1) is 19.2. The monoisotopic (exact) mass is 398 g/mol. The molecule has 0 heterocycles. The van der Waals surface area contributed by atoms with Crippen LogP contribution in [0.25, 0.3) is 0 Å². The third-order valence-electron chi connectivity index (χ3n) is 3.06. The van der Waals surface area contributed by atoms with Crippen LogP contribution in [-0.2, 0) is 9.53 Å². The molecular formula is C17H13Cl3N2O3. The molecule has 0 aliphatic heterocycles. The normalized spacial score (nSPS) is 11.1. The van der Waals surface area contributed by atoms with Crippen LogP contribution in [0, 0.1) is 0 Å². The lowest BCUT2D eigenvalue weighted by Crippen LogP contribution is -2.14. The number of hydrazone groups is 1. The summed E-state index contributed by atoms with van der Waals surface area (Å²) in [5, 5.41) is 4.01. The molecule has 0 aromatic heterocycles. The molecule has 130 valence electrons. The Bertz CT molecular complexity index is 838. The summed E-state index contributed by atoms with van der Waals surface area (Å²) in [4.78, 5) is 24.2. The topological polar surface area (TPSA) is 67.8 Å². The largest absolute Gasteiger partial charge is 0.461 e. The standard InChI is InChI=1S/C17H13Cl3N2O3/c1-2-25-17(24)16(20)22-21-14-8-7-10(18)9-12(14)15(23)11-5-3-4-6-13(11)19/h3-9,21H,2H2,1H3/b22-16-. The predicted octanol–water partition coefficient (Wildman–Crippen LogP) is 4.75. The molecule has 0 saturated carbocycles. The van der Waals surface area contributed by atoms with Crippen LogP contribution < -0.4 is 5.43 Å². The van der Waals surface area contributed by atoms with Gasteiger partial charge in [-0.25, -0.2) is 4.79 Å². The Kier molecular flexibility index (Phi) is 6.82. The third kappa shape index (κ3) is 4.95. The quantitative estimate of drug-likeness (QED) is 0.329. The van der Waals surface area contributed by atoms with E-state index in [0.717, 1.165) is 0 Å². The van der Waals surface area contributed by atoms with E-state index in [9.17, 15) is 9.59 Å². The van der Waals surface area contributed by atoms with Crippen molar-refractivity contribution in [3.8, 4) is 0 Å². The predicted molar refractivity (Wildman–Crippen MR) is 99.9 cm³/mol. The maximum Gasteiger partial charge on any atom is 0.370 e. The first-order valence-corrected chi connectivity index (χ1v) is 8.32. The maximum atomic E-state index is 12.8. The smallest absolute Gasteiger partial charge is 0.370 e. The van der Waals surface area contributed by atoms with Gasteiger partial charge in [0.25, 0.3) is 0 Å². The van der Waals surface area contributed by atoms with E-state index in [4.69, 9.17) is 39.5 Å². The lowest BCUT2D eigenvalue weighted by Gasteiger charge is -2.10. The Hall–Kier alpha value is -2.08. The van der Waals surface area contributed by atoms with Crippen LogP contribution in [0.1, 0.15) is 22.8 Å². The van der Waals surface area contributed by atoms with Crippen LogP contribution in [0.2, 0.25) is 10.0 Å². The van der Waals surface area contributed by atoms with Crippen molar-refractivity contribution in [2.45, 2.75) is 6.92 Å². The minimum absolute atomic E-state index is 0.168. The first-order valence-electron chi connectivity index (χ1n) is 7.19. The SMILES string of the molecule is CCOC(=O)/C(Cl)=N/Nc1ccc(Cl)cc1C(=O)c1ccccc1Cl. The molecule has 2 aromatic carbocycles. The summed E-state index contributed by atoms with van der Waals surface area (Å²) >= 11 is 17.8. The van der Waals surface area contributed by atoms with Crippen molar-refractivity contribution in [2.75, 3.05) is 12.0 Å². The van der Waals surface area contributed by atoms with Gasteiger partial charge in [0.15, 0.2) is 5.78 Å². The molecule has 0 atom stereocenters. The van der Waals surface area contributed by atoms with E-state index in [1.807, 2.05) is 0 Å². The molecule has 0 bridgehead atoms. The number of nitrogens with one attached hydrogen (secondary N) is 1. The number of ether oxygens (including phenoxy) is 1. The van der Waals surface area contributed by atoms with Crippen molar-refractivity contribution in [3.63, 3.8) is 0 Å². The number of carbonyl (C=O) groups is 2. The average molecular weight is 400 g/mol. The lowest BCUT2D eigenvalue weighted by atomic mass is 10.0. The molecule has 5 nitrogen and oxygen atoms in total. The molecule has 0 aliphatic rings. The second kappa shape index (κ2) is 8.85. The van der Waals surface area contributed by atoms with Gasteiger partial charge in [0.05, 0.1) is 17.3 Å². The van der Waals surface area contributed by atoms with Gasteiger partial charge in [-0.05, 0) is 37.3 Å². The third-order valence-corrected chi connectivity index (χ3v) is 3.87.